The number of rotatable bonds is 3. The van der Waals surface area contributed by atoms with Gasteiger partial charge in [-0.05, 0) is 48.2 Å². The highest BCUT2D eigenvalue weighted by Crippen LogP contribution is 2.39. The number of fused-ring (bicyclic) bond motifs is 1. The summed E-state index contributed by atoms with van der Waals surface area (Å²) in [5.41, 5.74) is 0.721. The van der Waals surface area contributed by atoms with Crippen molar-refractivity contribution in [3.63, 3.8) is 0 Å². The van der Waals surface area contributed by atoms with Crippen molar-refractivity contribution in [2.75, 3.05) is 18.0 Å². The Hall–Kier alpha value is -2.67. The lowest BCUT2D eigenvalue weighted by molar-refractivity contribution is -0.137. The Balaban J connectivity index is 1.91. The van der Waals surface area contributed by atoms with Crippen LogP contribution in [0.25, 0.3) is 22.0 Å². The number of nitrogens with zero attached hydrogens (tertiary/aromatic N) is 3. The third kappa shape index (κ3) is 3.92. The SMILES string of the molecule is O=CC1CCCN(c2ncnc3cccc(-c4cc(Cl)cc(C(F)(F)F)c4)c23)C1. The fourth-order valence-corrected chi connectivity index (χ4v) is 4.03. The number of aromatic nitrogens is 2. The van der Waals surface area contributed by atoms with E-state index in [1.54, 1.807) is 18.2 Å². The molecule has 0 bridgehead atoms. The summed E-state index contributed by atoms with van der Waals surface area (Å²) < 4.78 is 39.9. The van der Waals surface area contributed by atoms with Gasteiger partial charge >= 0.3 is 6.18 Å². The van der Waals surface area contributed by atoms with Gasteiger partial charge in [-0.2, -0.15) is 13.2 Å². The number of halogens is 4. The van der Waals surface area contributed by atoms with Gasteiger partial charge in [-0.3, -0.25) is 0 Å². The first-order chi connectivity index (χ1) is 13.9. The lowest BCUT2D eigenvalue weighted by Gasteiger charge is -2.32. The van der Waals surface area contributed by atoms with E-state index in [0.717, 1.165) is 31.3 Å². The summed E-state index contributed by atoms with van der Waals surface area (Å²) >= 11 is 6.00. The van der Waals surface area contributed by atoms with Crippen LogP contribution in [-0.4, -0.2) is 29.3 Å². The third-order valence-corrected chi connectivity index (χ3v) is 5.35. The Kier molecular flexibility index (Phi) is 5.17. The van der Waals surface area contributed by atoms with Gasteiger partial charge in [0, 0.05) is 24.0 Å². The number of alkyl halides is 3. The first kappa shape index (κ1) is 19.6. The largest absolute Gasteiger partial charge is 0.416 e. The highest BCUT2D eigenvalue weighted by molar-refractivity contribution is 6.31. The fraction of sp³-hybridized carbons (Fsp3) is 0.286. The molecule has 4 nitrogen and oxygen atoms in total. The van der Waals surface area contributed by atoms with E-state index in [2.05, 4.69) is 9.97 Å². The van der Waals surface area contributed by atoms with Crippen LogP contribution in [0.1, 0.15) is 18.4 Å². The lowest BCUT2D eigenvalue weighted by atomic mass is 9.96. The number of carbonyl (C=O) groups is 1. The normalized spacial score (nSPS) is 17.5. The van der Waals surface area contributed by atoms with Gasteiger partial charge in [-0.15, -0.1) is 0 Å². The van der Waals surface area contributed by atoms with E-state index in [-0.39, 0.29) is 10.9 Å². The molecular weight excluding hydrogens is 403 g/mol. The van der Waals surface area contributed by atoms with Gasteiger partial charge in [0.25, 0.3) is 0 Å². The molecule has 0 saturated carbocycles. The Morgan fingerprint density at radius 3 is 2.76 bits per heavy atom. The van der Waals surface area contributed by atoms with Crippen LogP contribution in [0, 0.1) is 5.92 Å². The molecule has 4 rings (SSSR count). The van der Waals surface area contributed by atoms with E-state index in [9.17, 15) is 18.0 Å². The Morgan fingerprint density at radius 2 is 2.00 bits per heavy atom. The summed E-state index contributed by atoms with van der Waals surface area (Å²) in [7, 11) is 0. The molecule has 29 heavy (non-hydrogen) atoms. The van der Waals surface area contributed by atoms with Crippen molar-refractivity contribution in [2.45, 2.75) is 19.0 Å². The van der Waals surface area contributed by atoms with E-state index in [0.29, 0.717) is 40.9 Å². The minimum Gasteiger partial charge on any atom is -0.355 e. The molecule has 0 N–H and O–H groups in total. The summed E-state index contributed by atoms with van der Waals surface area (Å²) in [5, 5.41) is 0.654. The van der Waals surface area contributed by atoms with Crippen molar-refractivity contribution < 1.29 is 18.0 Å². The zero-order valence-electron chi connectivity index (χ0n) is 15.3. The molecule has 1 aromatic heterocycles. The molecular formula is C21H17ClF3N3O. The number of aldehydes is 1. The summed E-state index contributed by atoms with van der Waals surface area (Å²) in [6.45, 7) is 1.24. The molecule has 0 radical (unpaired) electrons. The predicted molar refractivity (Wildman–Crippen MR) is 106 cm³/mol. The van der Waals surface area contributed by atoms with Crippen LogP contribution in [-0.2, 0) is 11.0 Å². The number of hydrogen-bond donors (Lipinski definition) is 0. The van der Waals surface area contributed by atoms with Gasteiger partial charge in [0.1, 0.15) is 18.4 Å². The van der Waals surface area contributed by atoms with Gasteiger partial charge < -0.3 is 9.69 Å². The minimum atomic E-state index is -4.51. The highest BCUT2D eigenvalue weighted by Gasteiger charge is 2.31. The second-order valence-electron chi connectivity index (χ2n) is 7.11. The van der Waals surface area contributed by atoms with Crippen LogP contribution < -0.4 is 4.90 Å². The maximum atomic E-state index is 13.3. The summed E-state index contributed by atoms with van der Waals surface area (Å²) in [6.07, 6.45) is -0.465. The maximum Gasteiger partial charge on any atom is 0.416 e. The molecule has 1 aliphatic rings. The fourth-order valence-electron chi connectivity index (χ4n) is 3.80. The van der Waals surface area contributed by atoms with Crippen LogP contribution in [0.4, 0.5) is 19.0 Å². The molecule has 2 heterocycles. The zero-order chi connectivity index (χ0) is 20.6. The van der Waals surface area contributed by atoms with Gasteiger partial charge in [0.05, 0.1) is 16.5 Å². The molecule has 1 fully saturated rings. The number of piperidine rings is 1. The van der Waals surface area contributed by atoms with Crippen molar-refractivity contribution in [1.82, 2.24) is 9.97 Å². The number of benzene rings is 2. The monoisotopic (exact) mass is 419 g/mol. The van der Waals surface area contributed by atoms with E-state index in [1.807, 2.05) is 4.90 Å². The van der Waals surface area contributed by atoms with Gasteiger partial charge in [0.15, 0.2) is 0 Å². The summed E-state index contributed by atoms with van der Waals surface area (Å²) in [6, 6.07) is 8.77. The Morgan fingerprint density at radius 1 is 1.17 bits per heavy atom. The van der Waals surface area contributed by atoms with Gasteiger partial charge in [0.2, 0.25) is 0 Å². The van der Waals surface area contributed by atoms with Crippen molar-refractivity contribution >= 4 is 34.6 Å². The van der Waals surface area contributed by atoms with Crippen molar-refractivity contribution in [2.24, 2.45) is 5.92 Å². The average molecular weight is 420 g/mol. The third-order valence-electron chi connectivity index (χ3n) is 5.13. The van der Waals surface area contributed by atoms with E-state index >= 15 is 0 Å². The molecule has 150 valence electrons. The molecule has 0 amide bonds. The second kappa shape index (κ2) is 7.63. The van der Waals surface area contributed by atoms with E-state index < -0.39 is 11.7 Å². The number of hydrogen-bond acceptors (Lipinski definition) is 4. The van der Waals surface area contributed by atoms with Crippen molar-refractivity contribution in [3.8, 4) is 11.1 Å². The zero-order valence-corrected chi connectivity index (χ0v) is 16.0. The van der Waals surface area contributed by atoms with E-state index in [1.165, 1.54) is 12.4 Å². The van der Waals surface area contributed by atoms with Crippen LogP contribution in [0.3, 0.4) is 0 Å². The molecule has 2 aromatic carbocycles. The topological polar surface area (TPSA) is 46.1 Å². The first-order valence-electron chi connectivity index (χ1n) is 9.19. The molecule has 1 saturated heterocycles. The smallest absolute Gasteiger partial charge is 0.355 e. The molecule has 0 spiro atoms. The predicted octanol–water partition coefficient (Wildman–Crippen LogP) is 5.38. The van der Waals surface area contributed by atoms with Gasteiger partial charge in [-0.25, -0.2) is 9.97 Å². The maximum absolute atomic E-state index is 13.3. The van der Waals surface area contributed by atoms with Crippen molar-refractivity contribution in [3.05, 3.63) is 53.3 Å². The molecule has 3 aromatic rings. The molecule has 0 aliphatic carbocycles. The van der Waals surface area contributed by atoms with Crippen LogP contribution in [0.15, 0.2) is 42.7 Å². The summed E-state index contributed by atoms with van der Waals surface area (Å²) in [4.78, 5) is 22.0. The van der Waals surface area contributed by atoms with E-state index in [4.69, 9.17) is 11.6 Å². The molecule has 1 atom stereocenters. The molecule has 1 unspecified atom stereocenters. The standard InChI is InChI=1S/C21H17ClF3N3O/c22-16-8-14(7-15(9-16)21(23,24)25)17-4-1-5-18-19(17)20(27-12-26-18)28-6-2-3-13(10-28)11-29/h1,4-5,7-9,11-13H,2-3,6,10H2. The number of anilines is 1. The van der Waals surface area contributed by atoms with Crippen LogP contribution in [0.5, 0.6) is 0 Å². The minimum absolute atomic E-state index is 0.00391. The quantitative estimate of drug-likeness (QED) is 0.534. The Bertz CT molecular complexity index is 1070. The Labute approximate surface area is 170 Å². The van der Waals surface area contributed by atoms with Crippen molar-refractivity contribution in [1.29, 1.82) is 0 Å². The van der Waals surface area contributed by atoms with Crippen LogP contribution in [0.2, 0.25) is 5.02 Å². The molecule has 1 aliphatic heterocycles. The first-order valence-corrected chi connectivity index (χ1v) is 9.57. The molecule has 8 heteroatoms. The summed E-state index contributed by atoms with van der Waals surface area (Å²) in [5.74, 6) is 0.523. The second-order valence-corrected chi connectivity index (χ2v) is 7.54. The lowest BCUT2D eigenvalue weighted by Crippen LogP contribution is -2.36. The average Bonchev–Trinajstić information content (AvgIpc) is 2.72. The highest BCUT2D eigenvalue weighted by atomic mass is 35.5. The van der Waals surface area contributed by atoms with Crippen LogP contribution >= 0.6 is 11.6 Å². The number of carbonyl (C=O) groups excluding carboxylic acids is 1. The van der Waals surface area contributed by atoms with Gasteiger partial charge in [-0.1, -0.05) is 23.7 Å².